The van der Waals surface area contributed by atoms with Gasteiger partial charge in [-0.25, -0.2) is 4.98 Å². The molecule has 0 aliphatic carbocycles. The number of rotatable bonds is 5. The van der Waals surface area contributed by atoms with E-state index < -0.39 is 6.04 Å². The van der Waals surface area contributed by atoms with E-state index in [1.54, 1.807) is 18.2 Å². The van der Waals surface area contributed by atoms with Gasteiger partial charge in [-0.15, -0.1) is 0 Å². The van der Waals surface area contributed by atoms with Gasteiger partial charge in [0.1, 0.15) is 11.8 Å². The lowest BCUT2D eigenvalue weighted by atomic mass is 10.2. The molecular formula is C18H16N2O3. The first-order chi connectivity index (χ1) is 11.3. The average molecular weight is 308 g/mol. The number of fused-ring (bicyclic) bond motifs is 1. The second-order valence-electron chi connectivity index (χ2n) is 5.02. The Bertz CT molecular complexity index is 825. The van der Waals surface area contributed by atoms with Crippen LogP contribution in [-0.2, 0) is 4.79 Å². The summed E-state index contributed by atoms with van der Waals surface area (Å²) in [6.45, 7) is -0.235. The van der Waals surface area contributed by atoms with Crippen LogP contribution in [0.3, 0.4) is 0 Å². The molecule has 0 aliphatic heterocycles. The summed E-state index contributed by atoms with van der Waals surface area (Å²) in [5.74, 6) is 0.188. The molecular weight excluding hydrogens is 292 g/mol. The van der Waals surface area contributed by atoms with Gasteiger partial charge in [-0.2, -0.15) is 0 Å². The Kier molecular flexibility index (Phi) is 4.49. The van der Waals surface area contributed by atoms with Crippen LogP contribution in [0.2, 0.25) is 0 Å². The van der Waals surface area contributed by atoms with Crippen LogP contribution in [-0.4, -0.2) is 22.6 Å². The summed E-state index contributed by atoms with van der Waals surface area (Å²) in [6.07, 6.45) is 4.53. The summed E-state index contributed by atoms with van der Waals surface area (Å²) in [6, 6.07) is 14.4. The third kappa shape index (κ3) is 3.64. The Hall–Kier alpha value is -2.92. The van der Waals surface area contributed by atoms with Gasteiger partial charge in [0, 0.05) is 11.5 Å². The maximum atomic E-state index is 12.0. The van der Waals surface area contributed by atoms with E-state index in [1.165, 1.54) is 12.3 Å². The Morgan fingerprint density at radius 3 is 2.87 bits per heavy atom. The molecule has 2 aromatic heterocycles. The zero-order chi connectivity index (χ0) is 16.1. The smallest absolute Gasteiger partial charge is 0.244 e. The van der Waals surface area contributed by atoms with Crippen LogP contribution in [0.25, 0.3) is 17.0 Å². The highest BCUT2D eigenvalue weighted by atomic mass is 16.3. The van der Waals surface area contributed by atoms with Gasteiger partial charge in [0.2, 0.25) is 5.91 Å². The molecule has 0 fully saturated rings. The van der Waals surface area contributed by atoms with E-state index in [0.29, 0.717) is 11.5 Å². The number of hydrogen-bond donors (Lipinski definition) is 2. The minimum absolute atomic E-state index is 0.235. The molecule has 0 bridgehead atoms. The molecule has 3 rings (SSSR count). The van der Waals surface area contributed by atoms with Crippen molar-refractivity contribution in [1.82, 2.24) is 10.3 Å². The number of nitrogens with one attached hydrogen (secondary N) is 1. The molecule has 2 N–H and O–H groups in total. The number of hydrogen-bond acceptors (Lipinski definition) is 4. The lowest BCUT2D eigenvalue weighted by molar-refractivity contribution is -0.117. The Labute approximate surface area is 133 Å². The van der Waals surface area contributed by atoms with E-state index in [2.05, 4.69) is 10.3 Å². The molecule has 0 spiro atoms. The number of aliphatic hydroxyl groups excluding tert-OH is 1. The van der Waals surface area contributed by atoms with Gasteiger partial charge >= 0.3 is 0 Å². The van der Waals surface area contributed by atoms with Gasteiger partial charge in [-0.05, 0) is 30.3 Å². The molecule has 1 unspecified atom stereocenters. The highest BCUT2D eigenvalue weighted by Crippen LogP contribution is 2.14. The topological polar surface area (TPSA) is 75.4 Å². The van der Waals surface area contributed by atoms with Gasteiger partial charge in [0.25, 0.3) is 0 Å². The molecule has 1 amide bonds. The van der Waals surface area contributed by atoms with Crippen LogP contribution >= 0.6 is 0 Å². The van der Waals surface area contributed by atoms with Crippen LogP contribution in [0.4, 0.5) is 0 Å². The van der Waals surface area contributed by atoms with Crippen LogP contribution < -0.4 is 5.32 Å². The van der Waals surface area contributed by atoms with Crippen molar-refractivity contribution >= 4 is 22.9 Å². The zero-order valence-corrected chi connectivity index (χ0v) is 12.3. The number of benzene rings is 1. The van der Waals surface area contributed by atoms with Gasteiger partial charge in [-0.1, -0.05) is 24.3 Å². The normalized spacial score (nSPS) is 12.6. The Morgan fingerprint density at radius 1 is 1.22 bits per heavy atom. The Morgan fingerprint density at radius 2 is 2.09 bits per heavy atom. The summed E-state index contributed by atoms with van der Waals surface area (Å²) < 4.78 is 5.19. The standard InChI is InChI=1S/C18H16N2O3/c21-12-16(17-6-3-11-23-17)20-18(22)10-9-14-8-7-13-4-1-2-5-15(13)19-14/h1-11,16,21H,12H2,(H,20,22)/b10-9+. The quantitative estimate of drug-likeness (QED) is 0.711. The molecule has 0 radical (unpaired) electrons. The molecule has 5 nitrogen and oxygen atoms in total. The van der Waals surface area contributed by atoms with Crippen LogP contribution in [0, 0.1) is 0 Å². The SMILES string of the molecule is O=C(/C=C/c1ccc2ccccc2n1)NC(CO)c1ccco1. The monoisotopic (exact) mass is 308 g/mol. The van der Waals surface area contributed by atoms with Crippen molar-refractivity contribution in [2.24, 2.45) is 0 Å². The maximum absolute atomic E-state index is 12.0. The summed E-state index contributed by atoms with van der Waals surface area (Å²) in [5, 5.41) is 13.1. The fraction of sp³-hybridized carbons (Fsp3) is 0.111. The fourth-order valence-corrected chi connectivity index (χ4v) is 2.25. The lowest BCUT2D eigenvalue weighted by Gasteiger charge is -2.11. The van der Waals surface area contributed by atoms with Crippen LogP contribution in [0.5, 0.6) is 0 Å². The van der Waals surface area contributed by atoms with E-state index in [0.717, 1.165) is 10.9 Å². The van der Waals surface area contributed by atoms with Gasteiger partial charge in [-0.3, -0.25) is 4.79 Å². The number of carbonyl (C=O) groups is 1. The largest absolute Gasteiger partial charge is 0.467 e. The zero-order valence-electron chi connectivity index (χ0n) is 12.3. The number of nitrogens with zero attached hydrogens (tertiary/aromatic N) is 1. The number of carbonyl (C=O) groups excluding carboxylic acids is 1. The van der Waals surface area contributed by atoms with Crippen molar-refractivity contribution in [2.75, 3.05) is 6.61 Å². The van der Waals surface area contributed by atoms with Crippen molar-refractivity contribution in [3.8, 4) is 0 Å². The minimum atomic E-state index is -0.563. The summed E-state index contributed by atoms with van der Waals surface area (Å²) >= 11 is 0. The number of para-hydroxylation sites is 1. The third-order valence-electron chi connectivity index (χ3n) is 3.41. The number of amides is 1. The predicted octanol–water partition coefficient (Wildman–Crippen LogP) is 2.69. The van der Waals surface area contributed by atoms with E-state index in [4.69, 9.17) is 4.42 Å². The fourth-order valence-electron chi connectivity index (χ4n) is 2.25. The second-order valence-corrected chi connectivity index (χ2v) is 5.02. The first kappa shape index (κ1) is 15.0. The molecule has 23 heavy (non-hydrogen) atoms. The lowest BCUT2D eigenvalue weighted by Crippen LogP contribution is -2.28. The van der Waals surface area contributed by atoms with E-state index in [-0.39, 0.29) is 12.5 Å². The first-order valence-electron chi connectivity index (χ1n) is 7.25. The molecule has 1 aromatic carbocycles. The maximum Gasteiger partial charge on any atom is 0.244 e. The van der Waals surface area contributed by atoms with E-state index in [9.17, 15) is 9.90 Å². The Balaban J connectivity index is 1.69. The van der Waals surface area contributed by atoms with Crippen molar-refractivity contribution in [3.05, 3.63) is 72.3 Å². The highest BCUT2D eigenvalue weighted by molar-refractivity contribution is 5.92. The van der Waals surface area contributed by atoms with E-state index in [1.807, 2.05) is 36.4 Å². The third-order valence-corrected chi connectivity index (χ3v) is 3.41. The van der Waals surface area contributed by atoms with Gasteiger partial charge in [0.05, 0.1) is 24.1 Å². The number of aliphatic hydroxyl groups is 1. The van der Waals surface area contributed by atoms with Crippen molar-refractivity contribution in [3.63, 3.8) is 0 Å². The predicted molar refractivity (Wildman–Crippen MR) is 87.5 cm³/mol. The molecule has 1 atom stereocenters. The second kappa shape index (κ2) is 6.89. The average Bonchev–Trinajstić information content (AvgIpc) is 3.12. The van der Waals surface area contributed by atoms with Crippen LogP contribution in [0.15, 0.2) is 65.3 Å². The highest BCUT2D eigenvalue weighted by Gasteiger charge is 2.14. The molecule has 116 valence electrons. The summed E-state index contributed by atoms with van der Waals surface area (Å²) in [5.41, 5.74) is 1.57. The van der Waals surface area contributed by atoms with Crippen molar-refractivity contribution < 1.29 is 14.3 Å². The molecule has 0 saturated heterocycles. The van der Waals surface area contributed by atoms with Gasteiger partial charge in [0.15, 0.2) is 0 Å². The molecule has 5 heteroatoms. The summed E-state index contributed by atoms with van der Waals surface area (Å²) in [4.78, 5) is 16.4. The van der Waals surface area contributed by atoms with Crippen molar-refractivity contribution in [1.29, 1.82) is 0 Å². The molecule has 2 heterocycles. The summed E-state index contributed by atoms with van der Waals surface area (Å²) in [7, 11) is 0. The molecule has 3 aromatic rings. The molecule has 0 saturated carbocycles. The van der Waals surface area contributed by atoms with Crippen molar-refractivity contribution in [2.45, 2.75) is 6.04 Å². The minimum Gasteiger partial charge on any atom is -0.467 e. The number of aromatic nitrogens is 1. The molecule has 0 aliphatic rings. The number of furan rings is 1. The first-order valence-corrected chi connectivity index (χ1v) is 7.25. The number of pyridine rings is 1. The van der Waals surface area contributed by atoms with Gasteiger partial charge < -0.3 is 14.8 Å². The van der Waals surface area contributed by atoms with Crippen LogP contribution in [0.1, 0.15) is 17.5 Å². The van der Waals surface area contributed by atoms with E-state index >= 15 is 0 Å².